The summed E-state index contributed by atoms with van der Waals surface area (Å²) in [6.07, 6.45) is 0. The molecule has 27 heavy (non-hydrogen) atoms. The van der Waals surface area contributed by atoms with Gasteiger partial charge in [-0.1, -0.05) is 41.9 Å². The van der Waals surface area contributed by atoms with Crippen molar-refractivity contribution in [2.75, 3.05) is 13.6 Å². The van der Waals surface area contributed by atoms with E-state index in [2.05, 4.69) is 10.7 Å². The van der Waals surface area contributed by atoms with Crippen molar-refractivity contribution in [3.05, 3.63) is 57.2 Å². The number of likely N-dealkylation sites (N-methyl/N-ethyl adjacent to an activating group) is 1. The minimum atomic E-state index is -1.21. The summed E-state index contributed by atoms with van der Waals surface area (Å²) in [7, 11) is 1.85. The summed E-state index contributed by atoms with van der Waals surface area (Å²) >= 11 is 7.37. The molecule has 9 heteroatoms. The summed E-state index contributed by atoms with van der Waals surface area (Å²) < 4.78 is 0.696. The summed E-state index contributed by atoms with van der Waals surface area (Å²) in [5.41, 5.74) is 1.85. The number of nitrogens with zero attached hydrogens (tertiary/aromatic N) is 1. The lowest BCUT2D eigenvalue weighted by Crippen LogP contribution is -3.09. The van der Waals surface area contributed by atoms with Crippen LogP contribution in [-0.2, 0) is 21.7 Å². The molecule has 2 heterocycles. The van der Waals surface area contributed by atoms with Crippen LogP contribution in [0.4, 0.5) is 4.79 Å². The van der Waals surface area contributed by atoms with Gasteiger partial charge < -0.3 is 10.2 Å². The Labute approximate surface area is 165 Å². The topological polar surface area (TPSA) is 82.9 Å². The van der Waals surface area contributed by atoms with E-state index in [4.69, 9.17) is 11.6 Å². The highest BCUT2D eigenvalue weighted by molar-refractivity contribution is 7.16. The standard InChI is InChI=1S/C18H19ClN4O3S/c1-18(12-6-4-3-5-7-12)16(25)23(17(26)20-18)21-15(24)11-22(2)10-13-8-9-14(19)27-13/h3-9H,10-11H2,1-2H3,(H,20,26)(H,21,24)/p+1/t18-/m0/s1. The highest BCUT2D eigenvalue weighted by Crippen LogP contribution is 2.27. The van der Waals surface area contributed by atoms with Crippen LogP contribution in [0.25, 0.3) is 0 Å². The lowest BCUT2D eigenvalue weighted by Gasteiger charge is -2.22. The van der Waals surface area contributed by atoms with E-state index in [1.807, 2.05) is 25.2 Å². The van der Waals surface area contributed by atoms with Gasteiger partial charge in [-0.25, -0.2) is 4.79 Å². The van der Waals surface area contributed by atoms with Crippen LogP contribution in [0, 0.1) is 0 Å². The maximum atomic E-state index is 12.8. The zero-order valence-electron chi connectivity index (χ0n) is 14.9. The zero-order chi connectivity index (χ0) is 19.6. The normalized spacial score (nSPS) is 20.5. The lowest BCUT2D eigenvalue weighted by atomic mass is 9.92. The van der Waals surface area contributed by atoms with Gasteiger partial charge >= 0.3 is 6.03 Å². The van der Waals surface area contributed by atoms with Crippen LogP contribution in [0.3, 0.4) is 0 Å². The van der Waals surface area contributed by atoms with Crippen LogP contribution >= 0.6 is 22.9 Å². The summed E-state index contributed by atoms with van der Waals surface area (Å²) in [5, 5.41) is 3.41. The lowest BCUT2D eigenvalue weighted by molar-refractivity contribution is -0.885. The monoisotopic (exact) mass is 407 g/mol. The van der Waals surface area contributed by atoms with Crippen LogP contribution in [0.1, 0.15) is 17.4 Å². The Bertz CT molecular complexity index is 873. The molecule has 1 aliphatic rings. The fourth-order valence-corrected chi connectivity index (χ4v) is 4.15. The van der Waals surface area contributed by atoms with Crippen molar-refractivity contribution in [1.29, 1.82) is 0 Å². The fourth-order valence-electron chi connectivity index (χ4n) is 2.95. The molecule has 1 aromatic carbocycles. The molecule has 0 radical (unpaired) electrons. The van der Waals surface area contributed by atoms with Crippen LogP contribution in [-0.4, -0.2) is 36.4 Å². The molecule has 3 rings (SSSR count). The fraction of sp³-hybridized carbons (Fsp3) is 0.278. The Balaban J connectivity index is 1.62. The van der Waals surface area contributed by atoms with E-state index < -0.39 is 23.4 Å². The molecule has 0 saturated carbocycles. The molecule has 7 nitrogen and oxygen atoms in total. The average Bonchev–Trinajstić information content (AvgIpc) is 3.12. The molecule has 0 aliphatic carbocycles. The Morgan fingerprint density at radius 1 is 1.26 bits per heavy atom. The summed E-state index contributed by atoms with van der Waals surface area (Å²) in [6.45, 7) is 2.34. The number of quaternary nitrogens is 1. The molecule has 2 aromatic rings. The van der Waals surface area contributed by atoms with Crippen LogP contribution in [0.2, 0.25) is 4.34 Å². The van der Waals surface area contributed by atoms with E-state index in [-0.39, 0.29) is 6.54 Å². The summed E-state index contributed by atoms with van der Waals surface area (Å²) in [4.78, 5) is 39.3. The largest absolute Gasteiger partial charge is 0.344 e. The third-order valence-corrected chi connectivity index (χ3v) is 5.58. The smallest absolute Gasteiger partial charge is 0.325 e. The zero-order valence-corrected chi connectivity index (χ0v) is 16.5. The van der Waals surface area contributed by atoms with Crippen molar-refractivity contribution >= 4 is 40.8 Å². The van der Waals surface area contributed by atoms with Gasteiger partial charge in [0.15, 0.2) is 6.54 Å². The predicted octanol–water partition coefficient (Wildman–Crippen LogP) is 0.915. The average molecular weight is 408 g/mol. The molecule has 0 bridgehead atoms. The number of amides is 4. The van der Waals surface area contributed by atoms with Gasteiger partial charge in [0, 0.05) is 0 Å². The first-order valence-electron chi connectivity index (χ1n) is 8.37. The minimum absolute atomic E-state index is 0.106. The van der Waals surface area contributed by atoms with Gasteiger partial charge in [0.1, 0.15) is 12.1 Å². The number of benzene rings is 1. The number of carbonyl (C=O) groups excluding carboxylic acids is 3. The van der Waals surface area contributed by atoms with E-state index in [9.17, 15) is 14.4 Å². The molecular formula is C18H20ClN4O3S+. The van der Waals surface area contributed by atoms with Gasteiger partial charge in [-0.3, -0.25) is 15.0 Å². The number of thiophene rings is 1. The second-order valence-electron chi connectivity index (χ2n) is 6.61. The SMILES string of the molecule is C[NH+](CC(=O)NN1C(=O)N[C@@](C)(c2ccccc2)C1=O)Cc1ccc(Cl)s1. The third-order valence-electron chi connectivity index (χ3n) is 4.35. The van der Waals surface area contributed by atoms with Crippen molar-refractivity contribution < 1.29 is 19.3 Å². The molecule has 1 saturated heterocycles. The molecule has 1 aromatic heterocycles. The van der Waals surface area contributed by atoms with Crippen molar-refractivity contribution in [3.8, 4) is 0 Å². The highest BCUT2D eigenvalue weighted by Gasteiger charge is 2.50. The Morgan fingerprint density at radius 3 is 2.59 bits per heavy atom. The Hall–Kier alpha value is -2.42. The van der Waals surface area contributed by atoms with E-state index in [1.165, 1.54) is 11.3 Å². The number of urea groups is 1. The van der Waals surface area contributed by atoms with Gasteiger partial charge in [0.05, 0.1) is 16.3 Å². The predicted molar refractivity (Wildman–Crippen MR) is 102 cm³/mol. The van der Waals surface area contributed by atoms with Crippen LogP contribution in [0.5, 0.6) is 0 Å². The summed E-state index contributed by atoms with van der Waals surface area (Å²) in [6, 6.07) is 12.0. The third kappa shape index (κ3) is 4.13. The van der Waals surface area contributed by atoms with Crippen molar-refractivity contribution in [1.82, 2.24) is 15.8 Å². The molecule has 1 aliphatic heterocycles. The van der Waals surface area contributed by atoms with E-state index >= 15 is 0 Å². The number of halogens is 1. The van der Waals surface area contributed by atoms with E-state index in [1.54, 1.807) is 31.2 Å². The number of nitrogens with one attached hydrogen (secondary N) is 3. The van der Waals surface area contributed by atoms with Gasteiger partial charge in [-0.15, -0.1) is 11.3 Å². The molecule has 1 unspecified atom stereocenters. The number of hydrazine groups is 1. The Morgan fingerprint density at radius 2 is 1.96 bits per heavy atom. The molecule has 0 spiro atoms. The number of rotatable bonds is 6. The van der Waals surface area contributed by atoms with Crippen molar-refractivity contribution in [3.63, 3.8) is 0 Å². The second kappa shape index (κ2) is 7.67. The van der Waals surface area contributed by atoms with Crippen molar-refractivity contribution in [2.24, 2.45) is 0 Å². The number of imide groups is 1. The maximum absolute atomic E-state index is 12.8. The number of hydrogen-bond acceptors (Lipinski definition) is 4. The molecule has 2 atom stereocenters. The molecule has 1 fully saturated rings. The van der Waals surface area contributed by atoms with Gasteiger partial charge in [0.25, 0.3) is 11.8 Å². The molecule has 142 valence electrons. The molecule has 3 N–H and O–H groups in total. The maximum Gasteiger partial charge on any atom is 0.344 e. The van der Waals surface area contributed by atoms with Crippen LogP contribution < -0.4 is 15.6 Å². The molecular weight excluding hydrogens is 388 g/mol. The first-order chi connectivity index (χ1) is 12.8. The van der Waals surface area contributed by atoms with E-state index in [0.717, 1.165) is 14.8 Å². The number of carbonyl (C=O) groups is 3. The Kier molecular flexibility index (Phi) is 5.50. The summed E-state index contributed by atoms with van der Waals surface area (Å²) in [5.74, 6) is -0.939. The first-order valence-corrected chi connectivity index (χ1v) is 9.56. The van der Waals surface area contributed by atoms with Gasteiger partial charge in [-0.2, -0.15) is 5.01 Å². The van der Waals surface area contributed by atoms with Gasteiger partial charge in [-0.05, 0) is 24.6 Å². The minimum Gasteiger partial charge on any atom is -0.325 e. The van der Waals surface area contributed by atoms with Crippen molar-refractivity contribution in [2.45, 2.75) is 19.0 Å². The quantitative estimate of drug-likeness (QED) is 0.622. The second-order valence-corrected chi connectivity index (χ2v) is 8.41. The molecule has 4 amide bonds. The van der Waals surface area contributed by atoms with Gasteiger partial charge in [0.2, 0.25) is 0 Å². The van der Waals surface area contributed by atoms with E-state index in [0.29, 0.717) is 16.4 Å². The highest BCUT2D eigenvalue weighted by atomic mass is 35.5. The number of hydrogen-bond donors (Lipinski definition) is 3. The van der Waals surface area contributed by atoms with Crippen LogP contribution in [0.15, 0.2) is 42.5 Å². The first kappa shape index (κ1) is 19.3.